The van der Waals surface area contributed by atoms with Crippen LogP contribution in [0, 0.1) is 17.1 Å². The van der Waals surface area contributed by atoms with Crippen molar-refractivity contribution < 1.29 is 4.39 Å². The highest BCUT2D eigenvalue weighted by Crippen LogP contribution is 2.16. The number of rotatable bonds is 5. The summed E-state index contributed by atoms with van der Waals surface area (Å²) in [6.45, 7) is 3.97. The van der Waals surface area contributed by atoms with E-state index in [-0.39, 0.29) is 5.56 Å². The fourth-order valence-electron chi connectivity index (χ4n) is 2.26. The lowest BCUT2D eigenvalue weighted by Crippen LogP contribution is -2.23. The molecule has 108 valence electrons. The summed E-state index contributed by atoms with van der Waals surface area (Å²) < 4.78 is 14.1. The Morgan fingerprint density at radius 3 is 2.62 bits per heavy atom. The number of nitriles is 1. The highest BCUT2D eigenvalue weighted by atomic mass is 19.1. The molecule has 0 spiro atoms. The minimum atomic E-state index is -0.425. The summed E-state index contributed by atoms with van der Waals surface area (Å²) in [5.41, 5.74) is 8.22. The van der Waals surface area contributed by atoms with Crippen molar-refractivity contribution in [1.29, 1.82) is 5.26 Å². The normalized spacial score (nSPS) is 10.6. The molecule has 2 aromatic rings. The fourth-order valence-corrected chi connectivity index (χ4v) is 2.26. The van der Waals surface area contributed by atoms with Crippen molar-refractivity contribution in [2.75, 3.05) is 12.3 Å². The van der Waals surface area contributed by atoms with Gasteiger partial charge in [-0.1, -0.05) is 31.2 Å². The summed E-state index contributed by atoms with van der Waals surface area (Å²) in [5.74, 6) is -0.425. The standard InChI is InChI=1S/C17H18FN3/c1-2-21(11-13-5-3-8-16(20)9-13)12-15-7-4-6-14(10-19)17(15)18/h3-9H,2,11-12,20H2,1H3. The predicted octanol–water partition coefficient (Wildman–Crippen LogP) is 3.30. The van der Waals surface area contributed by atoms with Gasteiger partial charge in [-0.25, -0.2) is 4.39 Å². The lowest BCUT2D eigenvalue weighted by atomic mass is 10.1. The largest absolute Gasteiger partial charge is 0.399 e. The Hall–Kier alpha value is -2.38. The summed E-state index contributed by atoms with van der Waals surface area (Å²) in [6, 6.07) is 14.5. The number of hydrogen-bond donors (Lipinski definition) is 1. The van der Waals surface area contributed by atoms with Crippen molar-refractivity contribution in [1.82, 2.24) is 4.90 Å². The number of anilines is 1. The van der Waals surface area contributed by atoms with Crippen LogP contribution in [0.25, 0.3) is 0 Å². The summed E-state index contributed by atoms with van der Waals surface area (Å²) in [6.07, 6.45) is 0. The van der Waals surface area contributed by atoms with Gasteiger partial charge < -0.3 is 5.73 Å². The van der Waals surface area contributed by atoms with E-state index in [1.54, 1.807) is 12.1 Å². The van der Waals surface area contributed by atoms with Crippen LogP contribution in [-0.4, -0.2) is 11.4 Å². The van der Waals surface area contributed by atoms with E-state index in [0.29, 0.717) is 18.7 Å². The Labute approximate surface area is 124 Å². The molecular formula is C17H18FN3. The smallest absolute Gasteiger partial charge is 0.145 e. The topological polar surface area (TPSA) is 53.0 Å². The van der Waals surface area contributed by atoms with Gasteiger partial charge in [0.1, 0.15) is 11.9 Å². The van der Waals surface area contributed by atoms with E-state index in [0.717, 1.165) is 17.8 Å². The van der Waals surface area contributed by atoms with Gasteiger partial charge in [0, 0.05) is 24.3 Å². The van der Waals surface area contributed by atoms with Crippen molar-refractivity contribution in [3.05, 3.63) is 65.0 Å². The van der Waals surface area contributed by atoms with Gasteiger partial charge in [-0.15, -0.1) is 0 Å². The lowest BCUT2D eigenvalue weighted by molar-refractivity contribution is 0.267. The van der Waals surface area contributed by atoms with Crippen LogP contribution in [0.4, 0.5) is 10.1 Å². The third-order valence-electron chi connectivity index (χ3n) is 3.40. The molecule has 0 heterocycles. The maximum absolute atomic E-state index is 14.1. The number of nitrogens with zero attached hydrogens (tertiary/aromatic N) is 2. The van der Waals surface area contributed by atoms with Gasteiger partial charge in [-0.2, -0.15) is 5.26 Å². The first-order chi connectivity index (χ1) is 10.1. The highest BCUT2D eigenvalue weighted by Gasteiger charge is 2.11. The summed E-state index contributed by atoms with van der Waals surface area (Å²) in [5, 5.41) is 8.88. The molecule has 2 rings (SSSR count). The van der Waals surface area contributed by atoms with E-state index in [2.05, 4.69) is 4.90 Å². The molecule has 0 atom stereocenters. The molecule has 0 aliphatic heterocycles. The van der Waals surface area contributed by atoms with Gasteiger partial charge in [0.05, 0.1) is 5.56 Å². The van der Waals surface area contributed by atoms with Crippen LogP contribution in [0.2, 0.25) is 0 Å². The number of benzene rings is 2. The zero-order chi connectivity index (χ0) is 15.2. The van der Waals surface area contributed by atoms with Gasteiger partial charge in [0.15, 0.2) is 0 Å². The van der Waals surface area contributed by atoms with Gasteiger partial charge in [0.25, 0.3) is 0 Å². The molecule has 3 nitrogen and oxygen atoms in total. The number of nitrogen functional groups attached to an aromatic ring is 1. The SMILES string of the molecule is CCN(Cc1cccc(N)c1)Cc1cccc(C#N)c1F. The molecule has 0 aromatic heterocycles. The molecule has 0 aliphatic rings. The molecule has 0 saturated carbocycles. The van der Waals surface area contributed by atoms with E-state index in [1.807, 2.05) is 37.3 Å². The summed E-state index contributed by atoms with van der Waals surface area (Å²) in [7, 11) is 0. The van der Waals surface area contributed by atoms with E-state index in [1.165, 1.54) is 6.07 Å². The van der Waals surface area contributed by atoms with E-state index in [4.69, 9.17) is 11.0 Å². The highest BCUT2D eigenvalue weighted by molar-refractivity contribution is 5.40. The van der Waals surface area contributed by atoms with Crippen LogP contribution < -0.4 is 5.73 Å². The van der Waals surface area contributed by atoms with Crippen LogP contribution >= 0.6 is 0 Å². The van der Waals surface area contributed by atoms with Crippen molar-refractivity contribution in [3.63, 3.8) is 0 Å². The maximum Gasteiger partial charge on any atom is 0.145 e. The first-order valence-corrected chi connectivity index (χ1v) is 6.88. The van der Waals surface area contributed by atoms with Gasteiger partial charge in [-0.05, 0) is 30.3 Å². The van der Waals surface area contributed by atoms with E-state index < -0.39 is 5.82 Å². The quantitative estimate of drug-likeness (QED) is 0.857. The number of halogens is 1. The zero-order valence-electron chi connectivity index (χ0n) is 12.0. The Bertz CT molecular complexity index is 661. The van der Waals surface area contributed by atoms with Crippen LogP contribution in [0.5, 0.6) is 0 Å². The van der Waals surface area contributed by atoms with Gasteiger partial charge >= 0.3 is 0 Å². The number of hydrogen-bond acceptors (Lipinski definition) is 3. The van der Waals surface area contributed by atoms with Crippen LogP contribution in [-0.2, 0) is 13.1 Å². The predicted molar refractivity (Wildman–Crippen MR) is 81.8 cm³/mol. The molecule has 4 heteroatoms. The third kappa shape index (κ3) is 3.80. The van der Waals surface area contributed by atoms with Crippen molar-refractivity contribution >= 4 is 5.69 Å². The van der Waals surface area contributed by atoms with Gasteiger partial charge in [-0.3, -0.25) is 4.90 Å². The van der Waals surface area contributed by atoms with E-state index in [9.17, 15) is 4.39 Å². The van der Waals surface area contributed by atoms with Gasteiger partial charge in [0.2, 0.25) is 0 Å². The zero-order valence-corrected chi connectivity index (χ0v) is 12.0. The Morgan fingerprint density at radius 2 is 1.95 bits per heavy atom. The fraction of sp³-hybridized carbons (Fsp3) is 0.235. The van der Waals surface area contributed by atoms with Crippen molar-refractivity contribution in [2.24, 2.45) is 0 Å². The molecule has 0 saturated heterocycles. The van der Waals surface area contributed by atoms with E-state index >= 15 is 0 Å². The minimum Gasteiger partial charge on any atom is -0.399 e. The minimum absolute atomic E-state index is 0.0903. The molecule has 0 amide bonds. The van der Waals surface area contributed by atoms with Crippen LogP contribution in [0.15, 0.2) is 42.5 Å². The third-order valence-corrected chi connectivity index (χ3v) is 3.40. The first-order valence-electron chi connectivity index (χ1n) is 6.88. The molecule has 2 aromatic carbocycles. The average molecular weight is 283 g/mol. The van der Waals surface area contributed by atoms with Crippen molar-refractivity contribution in [2.45, 2.75) is 20.0 Å². The van der Waals surface area contributed by atoms with Crippen molar-refractivity contribution in [3.8, 4) is 6.07 Å². The molecule has 0 bridgehead atoms. The molecule has 0 aliphatic carbocycles. The molecule has 21 heavy (non-hydrogen) atoms. The molecule has 0 radical (unpaired) electrons. The van der Waals surface area contributed by atoms with Crippen LogP contribution in [0.1, 0.15) is 23.6 Å². The number of nitrogens with two attached hydrogens (primary N) is 1. The molecular weight excluding hydrogens is 265 g/mol. The van der Waals surface area contributed by atoms with Crippen LogP contribution in [0.3, 0.4) is 0 Å². The molecule has 0 unspecified atom stereocenters. The second-order valence-electron chi connectivity index (χ2n) is 4.94. The first kappa shape index (κ1) is 15.0. The summed E-state index contributed by atoms with van der Waals surface area (Å²) >= 11 is 0. The monoisotopic (exact) mass is 283 g/mol. The Balaban J connectivity index is 2.15. The average Bonchev–Trinajstić information content (AvgIpc) is 2.48. The lowest BCUT2D eigenvalue weighted by Gasteiger charge is -2.21. The second kappa shape index (κ2) is 6.87. The Kier molecular flexibility index (Phi) is 4.91. The Morgan fingerprint density at radius 1 is 1.19 bits per heavy atom. The molecule has 2 N–H and O–H groups in total. The maximum atomic E-state index is 14.1. The second-order valence-corrected chi connectivity index (χ2v) is 4.94. The molecule has 0 fully saturated rings. The summed E-state index contributed by atoms with van der Waals surface area (Å²) in [4.78, 5) is 2.11.